The number of rotatable bonds is 5. The second-order valence-corrected chi connectivity index (χ2v) is 4.72. The highest BCUT2D eigenvalue weighted by Crippen LogP contribution is 2.23. The summed E-state index contributed by atoms with van der Waals surface area (Å²) in [5.41, 5.74) is 0. The van der Waals surface area contributed by atoms with Crippen LogP contribution in [0.25, 0.3) is 0 Å². The van der Waals surface area contributed by atoms with Crippen molar-refractivity contribution in [2.75, 3.05) is 25.0 Å². The predicted octanol–water partition coefficient (Wildman–Crippen LogP) is 2.42. The van der Waals surface area contributed by atoms with Crippen LogP contribution in [0.5, 0.6) is 5.75 Å². The van der Waals surface area contributed by atoms with E-state index in [0.717, 1.165) is 44.1 Å². The Morgan fingerprint density at radius 1 is 1.44 bits per heavy atom. The first-order chi connectivity index (χ1) is 8.90. The van der Waals surface area contributed by atoms with Crippen molar-refractivity contribution in [2.24, 2.45) is 0 Å². The highest BCUT2D eigenvalue weighted by Gasteiger charge is 2.14. The van der Waals surface area contributed by atoms with E-state index >= 15 is 0 Å². The largest absolute Gasteiger partial charge is 0.490 e. The lowest BCUT2D eigenvalue weighted by Crippen LogP contribution is -2.22. The van der Waals surface area contributed by atoms with Gasteiger partial charge in [-0.15, -0.1) is 0 Å². The SMILES string of the molecule is CCCOc1cccnc1NC1CCCNCC1. The fourth-order valence-corrected chi connectivity index (χ4v) is 2.18. The van der Waals surface area contributed by atoms with Gasteiger partial charge in [-0.1, -0.05) is 6.92 Å². The first-order valence-electron chi connectivity index (χ1n) is 6.95. The van der Waals surface area contributed by atoms with E-state index in [0.29, 0.717) is 6.04 Å². The Morgan fingerprint density at radius 3 is 3.28 bits per heavy atom. The summed E-state index contributed by atoms with van der Waals surface area (Å²) >= 11 is 0. The molecule has 1 saturated heterocycles. The summed E-state index contributed by atoms with van der Waals surface area (Å²) in [6, 6.07) is 4.41. The molecule has 0 aromatic carbocycles. The number of pyridine rings is 1. The second-order valence-electron chi connectivity index (χ2n) is 4.72. The van der Waals surface area contributed by atoms with Crippen molar-refractivity contribution >= 4 is 5.82 Å². The van der Waals surface area contributed by atoms with Gasteiger partial charge in [0, 0.05) is 12.2 Å². The van der Waals surface area contributed by atoms with Crippen LogP contribution in [-0.2, 0) is 0 Å². The van der Waals surface area contributed by atoms with Crippen molar-refractivity contribution in [1.29, 1.82) is 0 Å². The second kappa shape index (κ2) is 7.21. The van der Waals surface area contributed by atoms with Gasteiger partial charge in [-0.05, 0) is 50.9 Å². The fraction of sp³-hybridized carbons (Fsp3) is 0.643. The third kappa shape index (κ3) is 3.88. The maximum Gasteiger partial charge on any atom is 0.168 e. The molecule has 1 atom stereocenters. The number of aromatic nitrogens is 1. The molecule has 0 radical (unpaired) electrons. The molecule has 2 N–H and O–H groups in total. The monoisotopic (exact) mass is 249 g/mol. The number of nitrogens with one attached hydrogen (secondary N) is 2. The molecule has 1 aliphatic heterocycles. The molecule has 0 bridgehead atoms. The van der Waals surface area contributed by atoms with E-state index in [4.69, 9.17) is 4.74 Å². The fourth-order valence-electron chi connectivity index (χ4n) is 2.18. The van der Waals surface area contributed by atoms with Crippen molar-refractivity contribution in [3.8, 4) is 5.75 Å². The normalized spacial score (nSPS) is 20.2. The van der Waals surface area contributed by atoms with E-state index in [1.54, 1.807) is 0 Å². The highest BCUT2D eigenvalue weighted by atomic mass is 16.5. The molecule has 4 nitrogen and oxygen atoms in total. The van der Waals surface area contributed by atoms with Crippen LogP contribution < -0.4 is 15.4 Å². The van der Waals surface area contributed by atoms with E-state index < -0.39 is 0 Å². The third-order valence-corrected chi connectivity index (χ3v) is 3.15. The molecule has 0 amide bonds. The number of hydrogen-bond donors (Lipinski definition) is 2. The van der Waals surface area contributed by atoms with Gasteiger partial charge in [0.05, 0.1) is 6.61 Å². The summed E-state index contributed by atoms with van der Waals surface area (Å²) in [4.78, 5) is 4.40. The summed E-state index contributed by atoms with van der Waals surface area (Å²) in [7, 11) is 0. The zero-order chi connectivity index (χ0) is 12.6. The van der Waals surface area contributed by atoms with Crippen LogP contribution in [0.3, 0.4) is 0 Å². The summed E-state index contributed by atoms with van der Waals surface area (Å²) in [5, 5.41) is 6.94. The van der Waals surface area contributed by atoms with Gasteiger partial charge in [-0.3, -0.25) is 0 Å². The van der Waals surface area contributed by atoms with Gasteiger partial charge in [0.2, 0.25) is 0 Å². The molecule has 0 aliphatic carbocycles. The van der Waals surface area contributed by atoms with Gasteiger partial charge in [0.25, 0.3) is 0 Å². The average molecular weight is 249 g/mol. The Kier molecular flexibility index (Phi) is 5.27. The van der Waals surface area contributed by atoms with Crippen LogP contribution in [0, 0.1) is 0 Å². The molecule has 0 spiro atoms. The van der Waals surface area contributed by atoms with E-state index in [1.807, 2.05) is 18.3 Å². The number of nitrogens with zero attached hydrogens (tertiary/aromatic N) is 1. The van der Waals surface area contributed by atoms with Gasteiger partial charge < -0.3 is 15.4 Å². The minimum Gasteiger partial charge on any atom is -0.490 e. The smallest absolute Gasteiger partial charge is 0.168 e. The van der Waals surface area contributed by atoms with E-state index in [-0.39, 0.29) is 0 Å². The van der Waals surface area contributed by atoms with Gasteiger partial charge >= 0.3 is 0 Å². The van der Waals surface area contributed by atoms with Crippen molar-refractivity contribution in [2.45, 2.75) is 38.6 Å². The Bertz CT molecular complexity index is 349. The van der Waals surface area contributed by atoms with Gasteiger partial charge in [-0.2, -0.15) is 0 Å². The Balaban J connectivity index is 1.98. The zero-order valence-corrected chi connectivity index (χ0v) is 11.1. The van der Waals surface area contributed by atoms with Crippen molar-refractivity contribution in [3.05, 3.63) is 18.3 Å². The maximum absolute atomic E-state index is 5.72. The van der Waals surface area contributed by atoms with Gasteiger partial charge in [0.15, 0.2) is 11.6 Å². The van der Waals surface area contributed by atoms with Crippen LogP contribution >= 0.6 is 0 Å². The average Bonchev–Trinajstić information content (AvgIpc) is 2.66. The van der Waals surface area contributed by atoms with E-state index in [9.17, 15) is 0 Å². The molecular formula is C14H23N3O. The quantitative estimate of drug-likeness (QED) is 0.841. The molecule has 1 fully saturated rings. The molecule has 100 valence electrons. The summed E-state index contributed by atoms with van der Waals surface area (Å²) in [6.45, 7) is 5.06. The maximum atomic E-state index is 5.72. The molecule has 18 heavy (non-hydrogen) atoms. The van der Waals surface area contributed by atoms with E-state index in [1.165, 1.54) is 12.8 Å². The van der Waals surface area contributed by atoms with Gasteiger partial charge in [-0.25, -0.2) is 4.98 Å². The standard InChI is InChI=1S/C14H23N3O/c1-2-11-18-13-6-4-9-16-14(13)17-12-5-3-8-15-10-7-12/h4,6,9,12,15H,2-3,5,7-8,10-11H2,1H3,(H,16,17). The molecule has 2 rings (SSSR count). The van der Waals surface area contributed by atoms with E-state index in [2.05, 4.69) is 22.5 Å². The van der Waals surface area contributed by atoms with Crippen LogP contribution in [0.1, 0.15) is 32.6 Å². The lowest BCUT2D eigenvalue weighted by atomic mass is 10.1. The van der Waals surface area contributed by atoms with Crippen molar-refractivity contribution < 1.29 is 4.74 Å². The minimum atomic E-state index is 0.499. The number of hydrogen-bond acceptors (Lipinski definition) is 4. The minimum absolute atomic E-state index is 0.499. The first kappa shape index (κ1) is 13.1. The molecule has 1 aliphatic rings. The summed E-state index contributed by atoms with van der Waals surface area (Å²) in [5.74, 6) is 1.76. The van der Waals surface area contributed by atoms with Gasteiger partial charge in [0.1, 0.15) is 0 Å². The molecular weight excluding hydrogens is 226 g/mol. The zero-order valence-electron chi connectivity index (χ0n) is 11.1. The molecule has 1 aromatic rings. The molecule has 2 heterocycles. The van der Waals surface area contributed by atoms with Crippen LogP contribution in [-0.4, -0.2) is 30.7 Å². The van der Waals surface area contributed by atoms with Crippen LogP contribution in [0.15, 0.2) is 18.3 Å². The van der Waals surface area contributed by atoms with Crippen molar-refractivity contribution in [1.82, 2.24) is 10.3 Å². The summed E-state index contributed by atoms with van der Waals surface area (Å²) in [6.07, 6.45) is 6.38. The molecule has 4 heteroatoms. The summed E-state index contributed by atoms with van der Waals surface area (Å²) < 4.78 is 5.72. The first-order valence-corrected chi connectivity index (χ1v) is 6.95. The highest BCUT2D eigenvalue weighted by molar-refractivity contribution is 5.50. The lowest BCUT2D eigenvalue weighted by molar-refractivity contribution is 0.317. The van der Waals surface area contributed by atoms with Crippen molar-refractivity contribution in [3.63, 3.8) is 0 Å². The lowest BCUT2D eigenvalue weighted by Gasteiger charge is -2.18. The Morgan fingerprint density at radius 2 is 2.39 bits per heavy atom. The topological polar surface area (TPSA) is 46.2 Å². The molecule has 0 saturated carbocycles. The molecule has 1 aromatic heterocycles. The third-order valence-electron chi connectivity index (χ3n) is 3.15. The number of anilines is 1. The van der Waals surface area contributed by atoms with Crippen LogP contribution in [0.2, 0.25) is 0 Å². The predicted molar refractivity (Wildman–Crippen MR) is 74.2 cm³/mol. The Hall–Kier alpha value is -1.29. The van der Waals surface area contributed by atoms with Crippen LogP contribution in [0.4, 0.5) is 5.82 Å². The number of ether oxygens (including phenoxy) is 1. The Labute approximate surface area is 109 Å². The molecule has 1 unspecified atom stereocenters.